The van der Waals surface area contributed by atoms with Gasteiger partial charge < -0.3 is 10.6 Å². The molecule has 1 fully saturated rings. The summed E-state index contributed by atoms with van der Waals surface area (Å²) >= 11 is 1.77. The van der Waals surface area contributed by atoms with Gasteiger partial charge in [-0.15, -0.1) is 11.3 Å². The SMILES string of the molecule is CCc1cnc(CNC(=NC)NCC(C)(C)N2CCCCC2)s1. The molecule has 2 rings (SSSR count). The summed E-state index contributed by atoms with van der Waals surface area (Å²) in [5.74, 6) is 0.850. The third kappa shape index (κ3) is 5.46. The molecule has 1 aliphatic rings. The minimum atomic E-state index is 0.147. The number of piperidine rings is 1. The van der Waals surface area contributed by atoms with E-state index in [1.54, 1.807) is 11.3 Å². The van der Waals surface area contributed by atoms with Crippen LogP contribution < -0.4 is 10.6 Å². The highest BCUT2D eigenvalue weighted by atomic mass is 32.1. The van der Waals surface area contributed by atoms with Crippen molar-refractivity contribution in [2.45, 2.75) is 58.5 Å². The number of aromatic nitrogens is 1. The van der Waals surface area contributed by atoms with Crippen LogP contribution in [0.5, 0.6) is 0 Å². The fraction of sp³-hybridized carbons (Fsp3) is 0.765. The first-order valence-corrected chi connectivity index (χ1v) is 9.50. The van der Waals surface area contributed by atoms with Gasteiger partial charge in [-0.1, -0.05) is 13.3 Å². The van der Waals surface area contributed by atoms with Gasteiger partial charge in [0.15, 0.2) is 5.96 Å². The molecule has 0 radical (unpaired) electrons. The summed E-state index contributed by atoms with van der Waals surface area (Å²) in [4.78, 5) is 12.7. The van der Waals surface area contributed by atoms with Crippen LogP contribution in [0.3, 0.4) is 0 Å². The molecule has 6 heteroatoms. The number of nitrogens with one attached hydrogen (secondary N) is 2. The highest BCUT2D eigenvalue weighted by Gasteiger charge is 2.27. The molecule has 0 spiro atoms. The number of aryl methyl sites for hydroxylation is 1. The Hall–Kier alpha value is -1.14. The Kier molecular flexibility index (Phi) is 6.84. The van der Waals surface area contributed by atoms with Crippen molar-refractivity contribution in [3.8, 4) is 0 Å². The average Bonchev–Trinajstić information content (AvgIpc) is 3.04. The molecule has 1 aromatic rings. The first kappa shape index (κ1) is 18.2. The highest BCUT2D eigenvalue weighted by molar-refractivity contribution is 7.11. The standard InChI is InChI=1S/C17H31N5S/c1-5-14-11-19-15(23-14)12-20-16(18-4)21-13-17(2,3)22-9-7-6-8-10-22/h11H,5-10,12-13H2,1-4H3,(H2,18,20,21). The normalized spacial score (nSPS) is 17.3. The molecule has 1 aromatic heterocycles. The van der Waals surface area contributed by atoms with Gasteiger partial charge in [0.2, 0.25) is 0 Å². The zero-order chi connectivity index (χ0) is 16.7. The van der Waals surface area contributed by atoms with Gasteiger partial charge in [0.25, 0.3) is 0 Å². The maximum atomic E-state index is 4.44. The number of nitrogens with zero attached hydrogens (tertiary/aromatic N) is 3. The molecule has 0 aliphatic carbocycles. The van der Waals surface area contributed by atoms with Crippen molar-refractivity contribution in [1.29, 1.82) is 0 Å². The minimum absolute atomic E-state index is 0.147. The zero-order valence-electron chi connectivity index (χ0n) is 15.0. The third-order valence-corrected chi connectivity index (χ3v) is 5.62. The van der Waals surface area contributed by atoms with Gasteiger partial charge in [-0.25, -0.2) is 4.98 Å². The van der Waals surface area contributed by atoms with Gasteiger partial charge in [0.05, 0.1) is 6.54 Å². The second-order valence-corrected chi connectivity index (χ2v) is 7.91. The molecule has 2 N–H and O–H groups in total. The summed E-state index contributed by atoms with van der Waals surface area (Å²) in [7, 11) is 1.82. The Labute approximate surface area is 144 Å². The summed E-state index contributed by atoms with van der Waals surface area (Å²) in [6.45, 7) is 10.8. The van der Waals surface area contributed by atoms with Crippen LogP contribution in [0.2, 0.25) is 0 Å². The van der Waals surface area contributed by atoms with E-state index in [0.717, 1.165) is 30.5 Å². The molecule has 1 aliphatic heterocycles. The van der Waals surface area contributed by atoms with E-state index in [1.807, 2.05) is 13.2 Å². The number of aliphatic imine (C=N–C) groups is 1. The topological polar surface area (TPSA) is 52.6 Å². The van der Waals surface area contributed by atoms with Crippen LogP contribution in [0, 0.1) is 0 Å². The highest BCUT2D eigenvalue weighted by Crippen LogP contribution is 2.19. The summed E-state index contributed by atoms with van der Waals surface area (Å²) in [6, 6.07) is 0. The average molecular weight is 338 g/mol. The summed E-state index contributed by atoms with van der Waals surface area (Å²) < 4.78 is 0. The third-order valence-electron chi connectivity index (χ3n) is 4.48. The van der Waals surface area contributed by atoms with Gasteiger partial charge in [-0.05, 0) is 46.2 Å². The fourth-order valence-electron chi connectivity index (χ4n) is 2.88. The Balaban J connectivity index is 1.79. The van der Waals surface area contributed by atoms with Crippen LogP contribution in [0.15, 0.2) is 11.2 Å². The van der Waals surface area contributed by atoms with Gasteiger partial charge in [-0.2, -0.15) is 0 Å². The van der Waals surface area contributed by atoms with Gasteiger partial charge in [0, 0.05) is 30.2 Å². The Morgan fingerprint density at radius 3 is 2.65 bits per heavy atom. The lowest BCUT2D eigenvalue weighted by molar-refractivity contribution is 0.0982. The van der Waals surface area contributed by atoms with Crippen LogP contribution in [0.1, 0.15) is 49.9 Å². The lowest BCUT2D eigenvalue weighted by Crippen LogP contribution is -2.54. The van der Waals surface area contributed by atoms with Crippen LogP contribution in [-0.2, 0) is 13.0 Å². The number of guanidine groups is 1. The van der Waals surface area contributed by atoms with Crippen LogP contribution in [-0.4, -0.2) is 48.1 Å². The molecule has 0 aromatic carbocycles. The smallest absolute Gasteiger partial charge is 0.191 e. The molecule has 1 saturated heterocycles. The van der Waals surface area contributed by atoms with E-state index in [9.17, 15) is 0 Å². The van der Waals surface area contributed by atoms with Crippen molar-refractivity contribution in [3.05, 3.63) is 16.1 Å². The molecule has 130 valence electrons. The lowest BCUT2D eigenvalue weighted by Gasteiger charge is -2.41. The van der Waals surface area contributed by atoms with E-state index in [-0.39, 0.29) is 5.54 Å². The van der Waals surface area contributed by atoms with E-state index < -0.39 is 0 Å². The number of likely N-dealkylation sites (tertiary alicyclic amines) is 1. The minimum Gasteiger partial charge on any atom is -0.355 e. The van der Waals surface area contributed by atoms with Crippen molar-refractivity contribution in [1.82, 2.24) is 20.5 Å². The molecule has 5 nitrogen and oxygen atoms in total. The Morgan fingerprint density at radius 2 is 2.04 bits per heavy atom. The second-order valence-electron chi connectivity index (χ2n) is 6.71. The molecule has 23 heavy (non-hydrogen) atoms. The van der Waals surface area contributed by atoms with Crippen molar-refractivity contribution in [2.75, 3.05) is 26.7 Å². The fourth-order valence-corrected chi connectivity index (χ4v) is 3.69. The van der Waals surface area contributed by atoms with E-state index >= 15 is 0 Å². The van der Waals surface area contributed by atoms with Gasteiger partial charge in [0.1, 0.15) is 5.01 Å². The van der Waals surface area contributed by atoms with Gasteiger partial charge in [-0.3, -0.25) is 9.89 Å². The Bertz CT molecular complexity index is 503. The predicted octanol–water partition coefficient (Wildman–Crippen LogP) is 2.63. The molecular weight excluding hydrogens is 306 g/mol. The van der Waals surface area contributed by atoms with Crippen LogP contribution in [0.4, 0.5) is 0 Å². The second kappa shape index (κ2) is 8.64. The maximum Gasteiger partial charge on any atom is 0.191 e. The molecule has 0 unspecified atom stereocenters. The molecule has 0 saturated carbocycles. The van der Waals surface area contributed by atoms with Crippen LogP contribution in [0.25, 0.3) is 0 Å². The quantitative estimate of drug-likeness (QED) is 0.619. The molecular formula is C17H31N5S. The molecule has 0 amide bonds. The monoisotopic (exact) mass is 337 g/mol. The largest absolute Gasteiger partial charge is 0.355 e. The first-order chi connectivity index (χ1) is 11.0. The van der Waals surface area contributed by atoms with Gasteiger partial charge >= 0.3 is 0 Å². The lowest BCUT2D eigenvalue weighted by atomic mass is 9.98. The van der Waals surface area contributed by atoms with Crippen molar-refractivity contribution >= 4 is 17.3 Å². The van der Waals surface area contributed by atoms with E-state index in [1.165, 1.54) is 37.2 Å². The number of thiazole rings is 1. The van der Waals surface area contributed by atoms with E-state index in [2.05, 4.69) is 46.3 Å². The first-order valence-electron chi connectivity index (χ1n) is 8.68. The van der Waals surface area contributed by atoms with Crippen molar-refractivity contribution in [2.24, 2.45) is 4.99 Å². The summed E-state index contributed by atoms with van der Waals surface area (Å²) in [5.41, 5.74) is 0.147. The Morgan fingerprint density at radius 1 is 1.30 bits per heavy atom. The number of hydrogen-bond donors (Lipinski definition) is 2. The van der Waals surface area contributed by atoms with Crippen LogP contribution >= 0.6 is 11.3 Å². The maximum absolute atomic E-state index is 4.44. The van der Waals surface area contributed by atoms with Crippen molar-refractivity contribution in [3.63, 3.8) is 0 Å². The molecule has 0 atom stereocenters. The zero-order valence-corrected chi connectivity index (χ0v) is 15.8. The molecule has 2 heterocycles. The number of rotatable bonds is 6. The molecule has 0 bridgehead atoms. The summed E-state index contributed by atoms with van der Waals surface area (Å²) in [5, 5.41) is 7.95. The van der Waals surface area contributed by atoms with Crippen molar-refractivity contribution < 1.29 is 0 Å². The predicted molar refractivity (Wildman–Crippen MR) is 99.2 cm³/mol. The number of hydrogen-bond acceptors (Lipinski definition) is 4. The summed E-state index contributed by atoms with van der Waals surface area (Å²) in [6.07, 6.45) is 7.03. The van der Waals surface area contributed by atoms with E-state index in [4.69, 9.17) is 0 Å². The van der Waals surface area contributed by atoms with E-state index in [0.29, 0.717) is 0 Å².